The maximum atomic E-state index is 12.2. The van der Waals surface area contributed by atoms with Crippen molar-refractivity contribution in [3.63, 3.8) is 0 Å². The van der Waals surface area contributed by atoms with Crippen molar-refractivity contribution in [2.24, 2.45) is 5.84 Å². The summed E-state index contributed by atoms with van der Waals surface area (Å²) in [6, 6.07) is 13.3. The summed E-state index contributed by atoms with van der Waals surface area (Å²) in [5.74, 6) is 5.32. The first-order valence-electron chi connectivity index (χ1n) is 6.45. The number of rotatable bonds is 3. The number of carbonyl (C=O) groups is 1. The Bertz CT molecular complexity index is 904. The van der Waals surface area contributed by atoms with Crippen LogP contribution in [0, 0.1) is 0 Å². The summed E-state index contributed by atoms with van der Waals surface area (Å²) in [5.41, 5.74) is 2.01. The first-order valence-corrected chi connectivity index (χ1v) is 6.45. The van der Waals surface area contributed by atoms with E-state index in [0.717, 1.165) is 0 Å². The number of nitrogen functional groups attached to an aromatic ring is 1. The molecule has 0 atom stereocenters. The lowest BCUT2D eigenvalue weighted by molar-refractivity contribution is 0.102. The maximum absolute atomic E-state index is 12.2. The van der Waals surface area contributed by atoms with Crippen LogP contribution in [0.25, 0.3) is 11.0 Å². The van der Waals surface area contributed by atoms with Gasteiger partial charge in [0.05, 0.1) is 0 Å². The van der Waals surface area contributed by atoms with Crippen LogP contribution in [0.2, 0.25) is 0 Å². The number of nitrogens with two attached hydrogens (primary N) is 1. The summed E-state index contributed by atoms with van der Waals surface area (Å²) in [5, 5.41) is 3.20. The van der Waals surface area contributed by atoms with E-state index in [1.807, 2.05) is 0 Å². The number of fused-ring (bicyclic) bond motifs is 1. The lowest BCUT2D eigenvalue weighted by Gasteiger charge is -2.06. The van der Waals surface area contributed by atoms with Crippen LogP contribution in [0.4, 0.5) is 11.6 Å². The van der Waals surface area contributed by atoms with Gasteiger partial charge in [-0.2, -0.15) is 0 Å². The second-order valence-corrected chi connectivity index (χ2v) is 4.49. The van der Waals surface area contributed by atoms with Crippen LogP contribution in [-0.4, -0.2) is 10.9 Å². The van der Waals surface area contributed by atoms with Crippen molar-refractivity contribution in [1.29, 1.82) is 0 Å². The van der Waals surface area contributed by atoms with Gasteiger partial charge in [0.2, 0.25) is 0 Å². The van der Waals surface area contributed by atoms with E-state index in [-0.39, 0.29) is 11.4 Å². The number of nitrogens with one attached hydrogen (secondary N) is 2. The van der Waals surface area contributed by atoms with Gasteiger partial charge in [-0.25, -0.2) is 15.6 Å². The molecule has 0 saturated carbocycles. The van der Waals surface area contributed by atoms with Crippen LogP contribution in [0.1, 0.15) is 10.4 Å². The molecule has 2 heterocycles. The molecule has 3 rings (SSSR count). The van der Waals surface area contributed by atoms with Gasteiger partial charge >= 0.3 is 5.63 Å². The fraction of sp³-hybridized carbons (Fsp3) is 0. The zero-order valence-corrected chi connectivity index (χ0v) is 11.4. The van der Waals surface area contributed by atoms with Crippen LogP contribution in [0.3, 0.4) is 0 Å². The average Bonchev–Trinajstić information content (AvgIpc) is 2.54. The number of aromatic nitrogens is 1. The third kappa shape index (κ3) is 2.65. The fourth-order valence-electron chi connectivity index (χ4n) is 1.99. The highest BCUT2D eigenvalue weighted by Gasteiger charge is 2.14. The Labute approximate surface area is 124 Å². The minimum atomic E-state index is -0.704. The Balaban J connectivity index is 1.94. The zero-order valence-electron chi connectivity index (χ0n) is 11.4. The molecule has 0 saturated heterocycles. The van der Waals surface area contributed by atoms with Gasteiger partial charge in [0, 0.05) is 5.39 Å². The van der Waals surface area contributed by atoms with Crippen molar-refractivity contribution in [2.45, 2.75) is 0 Å². The van der Waals surface area contributed by atoms with Gasteiger partial charge in [0.1, 0.15) is 22.8 Å². The van der Waals surface area contributed by atoms with Gasteiger partial charge in [-0.15, -0.1) is 0 Å². The smallest absolute Gasteiger partial charge is 0.349 e. The molecule has 1 amide bonds. The highest BCUT2D eigenvalue weighted by molar-refractivity contribution is 6.05. The Kier molecular flexibility index (Phi) is 3.55. The van der Waals surface area contributed by atoms with E-state index >= 15 is 0 Å². The zero-order chi connectivity index (χ0) is 15.5. The molecule has 7 heteroatoms. The van der Waals surface area contributed by atoms with Crippen LogP contribution >= 0.6 is 0 Å². The molecule has 0 aliphatic carbocycles. The fourth-order valence-corrected chi connectivity index (χ4v) is 1.99. The lowest BCUT2D eigenvalue weighted by Crippen LogP contribution is -2.21. The van der Waals surface area contributed by atoms with E-state index in [1.165, 1.54) is 6.07 Å². The quantitative estimate of drug-likeness (QED) is 0.385. The van der Waals surface area contributed by atoms with Crippen molar-refractivity contribution in [1.82, 2.24) is 4.98 Å². The number of para-hydroxylation sites is 1. The maximum Gasteiger partial charge on any atom is 0.349 e. The molecule has 110 valence electrons. The summed E-state index contributed by atoms with van der Waals surface area (Å²) in [7, 11) is 0. The minimum absolute atomic E-state index is 0.0911. The molecule has 0 fully saturated rings. The van der Waals surface area contributed by atoms with Gasteiger partial charge in [-0.05, 0) is 24.3 Å². The normalized spacial score (nSPS) is 10.4. The molecular weight excluding hydrogens is 284 g/mol. The van der Waals surface area contributed by atoms with E-state index in [9.17, 15) is 9.59 Å². The van der Waals surface area contributed by atoms with Gasteiger partial charge in [-0.3, -0.25) is 4.79 Å². The minimum Gasteiger partial charge on any atom is -0.422 e. The molecule has 2 aromatic heterocycles. The molecular formula is C15H12N4O3. The summed E-state index contributed by atoms with van der Waals surface area (Å²) >= 11 is 0. The van der Waals surface area contributed by atoms with Gasteiger partial charge in [0.15, 0.2) is 0 Å². The van der Waals surface area contributed by atoms with Gasteiger partial charge in [0.25, 0.3) is 5.91 Å². The molecule has 0 spiro atoms. The molecule has 0 aliphatic rings. The number of hydrogen-bond donors (Lipinski definition) is 3. The van der Waals surface area contributed by atoms with Crippen LogP contribution in [0.5, 0.6) is 0 Å². The number of nitrogens with zero attached hydrogens (tertiary/aromatic N) is 1. The number of anilines is 2. The molecule has 3 aromatic rings. The standard InChI is InChI=1S/C15H12N4O3/c16-19-13-7-3-6-12(17-13)18-14(20)10-8-9-4-1-2-5-11(9)22-15(10)21/h1-8H,16H2,(H2,17,18,19,20). The van der Waals surface area contributed by atoms with E-state index < -0.39 is 11.5 Å². The van der Waals surface area contributed by atoms with Gasteiger partial charge in [-0.1, -0.05) is 24.3 Å². The third-order valence-electron chi connectivity index (χ3n) is 3.02. The lowest BCUT2D eigenvalue weighted by atomic mass is 10.2. The molecule has 4 N–H and O–H groups in total. The van der Waals surface area contributed by atoms with Crippen molar-refractivity contribution in [3.8, 4) is 0 Å². The number of benzene rings is 1. The van der Waals surface area contributed by atoms with Crippen LogP contribution in [-0.2, 0) is 0 Å². The van der Waals surface area contributed by atoms with Crippen molar-refractivity contribution < 1.29 is 9.21 Å². The van der Waals surface area contributed by atoms with E-state index in [4.69, 9.17) is 10.3 Å². The number of hydrazine groups is 1. The van der Waals surface area contributed by atoms with E-state index in [0.29, 0.717) is 16.8 Å². The number of amides is 1. The average molecular weight is 296 g/mol. The highest BCUT2D eigenvalue weighted by Crippen LogP contribution is 2.14. The first kappa shape index (κ1) is 13.8. The van der Waals surface area contributed by atoms with Crippen molar-refractivity contribution in [2.75, 3.05) is 10.7 Å². The Morgan fingerprint density at radius 2 is 1.86 bits per heavy atom. The number of carbonyl (C=O) groups excluding carboxylic acids is 1. The Morgan fingerprint density at radius 3 is 2.68 bits per heavy atom. The van der Waals surface area contributed by atoms with E-state index in [2.05, 4.69) is 15.7 Å². The topological polar surface area (TPSA) is 110 Å². The number of pyridine rings is 1. The number of hydrogen-bond acceptors (Lipinski definition) is 6. The Morgan fingerprint density at radius 1 is 1.09 bits per heavy atom. The molecule has 22 heavy (non-hydrogen) atoms. The monoisotopic (exact) mass is 296 g/mol. The SMILES string of the molecule is NNc1cccc(NC(=O)c2cc3ccccc3oc2=O)n1. The molecule has 0 unspecified atom stereocenters. The molecule has 0 bridgehead atoms. The second-order valence-electron chi connectivity index (χ2n) is 4.49. The highest BCUT2D eigenvalue weighted by atomic mass is 16.4. The predicted octanol–water partition coefficient (Wildman–Crippen LogP) is 1.73. The van der Waals surface area contributed by atoms with E-state index in [1.54, 1.807) is 42.5 Å². The molecule has 1 aromatic carbocycles. The first-order chi connectivity index (χ1) is 10.7. The molecule has 0 aliphatic heterocycles. The second kappa shape index (κ2) is 5.66. The summed E-state index contributed by atoms with van der Waals surface area (Å²) in [4.78, 5) is 28.2. The van der Waals surface area contributed by atoms with Crippen molar-refractivity contribution >= 4 is 28.5 Å². The van der Waals surface area contributed by atoms with Gasteiger partial charge < -0.3 is 15.2 Å². The van der Waals surface area contributed by atoms with Crippen LogP contribution in [0.15, 0.2) is 57.7 Å². The summed E-state index contributed by atoms with van der Waals surface area (Å²) in [6.45, 7) is 0. The summed E-state index contributed by atoms with van der Waals surface area (Å²) in [6.07, 6.45) is 0. The molecule has 7 nitrogen and oxygen atoms in total. The van der Waals surface area contributed by atoms with Crippen molar-refractivity contribution in [3.05, 3.63) is 64.5 Å². The van der Waals surface area contributed by atoms with Crippen LogP contribution < -0.4 is 22.2 Å². The summed E-state index contributed by atoms with van der Waals surface area (Å²) < 4.78 is 5.13. The Hall–Kier alpha value is -3.19. The third-order valence-corrected chi connectivity index (χ3v) is 3.02. The predicted molar refractivity (Wildman–Crippen MR) is 82.5 cm³/mol. The largest absolute Gasteiger partial charge is 0.422 e. The molecule has 0 radical (unpaired) electrons.